The maximum atomic E-state index is 13.3. The van der Waals surface area contributed by atoms with Gasteiger partial charge >= 0.3 is 0 Å². The number of rotatable bonds is 2. The predicted octanol–water partition coefficient (Wildman–Crippen LogP) is 3.21. The Kier molecular flexibility index (Phi) is 4.50. The van der Waals surface area contributed by atoms with Crippen LogP contribution in [0.15, 0.2) is 16.6 Å². The third-order valence-electron chi connectivity index (χ3n) is 2.74. The molecule has 0 heterocycles. The summed E-state index contributed by atoms with van der Waals surface area (Å²) in [5, 5.41) is 2.72. The molecule has 3 N–H and O–H groups in total. The van der Waals surface area contributed by atoms with Gasteiger partial charge in [-0.1, -0.05) is 20.8 Å². The molecule has 0 saturated heterocycles. The summed E-state index contributed by atoms with van der Waals surface area (Å²) >= 11 is 3.09. The monoisotopic (exact) mass is 316 g/mol. The molecule has 1 aromatic rings. The van der Waals surface area contributed by atoms with Gasteiger partial charge in [-0.05, 0) is 46.0 Å². The standard InChI is InChI=1S/C13H18BrFN2O/c1-7-5-9(15)8(14)6-10(7)17-12(18)11(16)13(2,3)4/h5-6,11H,16H2,1-4H3,(H,17,18)/t11-/m0/s1. The van der Waals surface area contributed by atoms with Crippen molar-refractivity contribution in [3.05, 3.63) is 28.0 Å². The molecule has 0 aliphatic rings. The molecule has 5 heteroatoms. The molecule has 1 rings (SSSR count). The summed E-state index contributed by atoms with van der Waals surface area (Å²) in [7, 11) is 0. The van der Waals surface area contributed by atoms with E-state index in [0.29, 0.717) is 15.7 Å². The van der Waals surface area contributed by atoms with Crippen LogP contribution in [0.5, 0.6) is 0 Å². The molecule has 0 aliphatic carbocycles. The Labute approximate surface area is 115 Å². The van der Waals surface area contributed by atoms with Crippen LogP contribution < -0.4 is 11.1 Å². The molecule has 0 spiro atoms. The minimum atomic E-state index is -0.624. The van der Waals surface area contributed by atoms with Crippen molar-refractivity contribution in [3.8, 4) is 0 Å². The lowest BCUT2D eigenvalue weighted by Crippen LogP contribution is -2.45. The van der Waals surface area contributed by atoms with E-state index in [1.54, 1.807) is 6.92 Å². The molecular formula is C13H18BrFN2O. The SMILES string of the molecule is Cc1cc(F)c(Br)cc1NC(=O)[C@H](N)C(C)(C)C. The van der Waals surface area contributed by atoms with Gasteiger partial charge in [-0.2, -0.15) is 0 Å². The number of hydrogen-bond acceptors (Lipinski definition) is 2. The van der Waals surface area contributed by atoms with Gasteiger partial charge in [0.1, 0.15) is 5.82 Å². The van der Waals surface area contributed by atoms with Crippen LogP contribution in [0.25, 0.3) is 0 Å². The largest absolute Gasteiger partial charge is 0.324 e. The number of halogens is 2. The average Bonchev–Trinajstić information content (AvgIpc) is 2.23. The van der Waals surface area contributed by atoms with Gasteiger partial charge in [0.15, 0.2) is 0 Å². The molecule has 1 amide bonds. The van der Waals surface area contributed by atoms with E-state index in [1.165, 1.54) is 12.1 Å². The minimum absolute atomic E-state index is 0.274. The highest BCUT2D eigenvalue weighted by atomic mass is 79.9. The topological polar surface area (TPSA) is 55.1 Å². The van der Waals surface area contributed by atoms with Crippen LogP contribution in [0, 0.1) is 18.2 Å². The van der Waals surface area contributed by atoms with Crippen molar-refractivity contribution in [2.75, 3.05) is 5.32 Å². The second-order valence-electron chi connectivity index (χ2n) is 5.41. The molecule has 1 atom stereocenters. The van der Waals surface area contributed by atoms with Gasteiger partial charge in [0.2, 0.25) is 5.91 Å². The maximum absolute atomic E-state index is 13.3. The zero-order valence-corrected chi connectivity index (χ0v) is 12.6. The number of carbonyl (C=O) groups is 1. The number of anilines is 1. The number of nitrogens with two attached hydrogens (primary N) is 1. The molecule has 0 unspecified atom stereocenters. The van der Waals surface area contributed by atoms with E-state index in [2.05, 4.69) is 21.2 Å². The lowest BCUT2D eigenvalue weighted by Gasteiger charge is -2.26. The molecule has 0 fully saturated rings. The summed E-state index contributed by atoms with van der Waals surface area (Å²) in [5.74, 6) is -0.630. The first kappa shape index (κ1) is 15.1. The summed E-state index contributed by atoms with van der Waals surface area (Å²) in [4.78, 5) is 12.0. The molecular weight excluding hydrogens is 299 g/mol. The van der Waals surface area contributed by atoms with E-state index in [-0.39, 0.29) is 17.1 Å². The second-order valence-corrected chi connectivity index (χ2v) is 6.27. The third-order valence-corrected chi connectivity index (χ3v) is 3.35. The van der Waals surface area contributed by atoms with Crippen molar-refractivity contribution in [1.82, 2.24) is 0 Å². The highest BCUT2D eigenvalue weighted by molar-refractivity contribution is 9.10. The van der Waals surface area contributed by atoms with E-state index < -0.39 is 6.04 Å². The van der Waals surface area contributed by atoms with Crippen LogP contribution in [-0.4, -0.2) is 11.9 Å². The highest BCUT2D eigenvalue weighted by Gasteiger charge is 2.27. The fourth-order valence-corrected chi connectivity index (χ4v) is 1.73. The van der Waals surface area contributed by atoms with Gasteiger partial charge in [0.05, 0.1) is 10.5 Å². The maximum Gasteiger partial charge on any atom is 0.241 e. The Morgan fingerprint density at radius 2 is 2.00 bits per heavy atom. The summed E-state index contributed by atoms with van der Waals surface area (Å²) in [6.07, 6.45) is 0. The summed E-state index contributed by atoms with van der Waals surface area (Å²) in [6, 6.07) is 2.28. The number of carbonyl (C=O) groups excluding carboxylic acids is 1. The molecule has 100 valence electrons. The molecule has 0 aromatic heterocycles. The summed E-state index contributed by atoms with van der Waals surface area (Å²) in [6.45, 7) is 7.41. The van der Waals surface area contributed by atoms with E-state index in [1.807, 2.05) is 20.8 Å². The first-order valence-corrected chi connectivity index (χ1v) is 6.44. The average molecular weight is 317 g/mol. The Bertz CT molecular complexity index is 469. The number of amides is 1. The van der Waals surface area contributed by atoms with E-state index >= 15 is 0 Å². The van der Waals surface area contributed by atoms with Gasteiger partial charge < -0.3 is 11.1 Å². The van der Waals surface area contributed by atoms with Crippen LogP contribution in [-0.2, 0) is 4.79 Å². The third kappa shape index (κ3) is 3.53. The number of benzene rings is 1. The number of hydrogen-bond donors (Lipinski definition) is 2. The van der Waals surface area contributed by atoms with E-state index in [4.69, 9.17) is 5.73 Å². The lowest BCUT2D eigenvalue weighted by atomic mass is 9.87. The van der Waals surface area contributed by atoms with Gasteiger partial charge in [0.25, 0.3) is 0 Å². The van der Waals surface area contributed by atoms with E-state index in [0.717, 1.165) is 0 Å². The Morgan fingerprint density at radius 3 is 2.50 bits per heavy atom. The van der Waals surface area contributed by atoms with Gasteiger partial charge in [0, 0.05) is 5.69 Å². The van der Waals surface area contributed by atoms with Crippen LogP contribution >= 0.6 is 15.9 Å². The second kappa shape index (κ2) is 5.36. The first-order chi connectivity index (χ1) is 8.12. The van der Waals surface area contributed by atoms with Crippen molar-refractivity contribution in [1.29, 1.82) is 0 Å². The summed E-state index contributed by atoms with van der Waals surface area (Å²) < 4.78 is 13.6. The Balaban J connectivity index is 2.92. The smallest absolute Gasteiger partial charge is 0.241 e. The Morgan fingerprint density at radius 1 is 1.44 bits per heavy atom. The highest BCUT2D eigenvalue weighted by Crippen LogP contribution is 2.25. The van der Waals surface area contributed by atoms with Crippen molar-refractivity contribution in [2.45, 2.75) is 33.7 Å². The van der Waals surface area contributed by atoms with Crippen molar-refractivity contribution < 1.29 is 9.18 Å². The van der Waals surface area contributed by atoms with Crippen LogP contribution in [0.2, 0.25) is 0 Å². The van der Waals surface area contributed by atoms with Gasteiger partial charge in [-0.3, -0.25) is 4.79 Å². The zero-order chi connectivity index (χ0) is 14.1. The first-order valence-electron chi connectivity index (χ1n) is 5.65. The fourth-order valence-electron chi connectivity index (χ4n) is 1.38. The number of aryl methyl sites for hydroxylation is 1. The summed E-state index contributed by atoms with van der Waals surface area (Å²) in [5.41, 5.74) is 6.76. The molecule has 18 heavy (non-hydrogen) atoms. The van der Waals surface area contributed by atoms with Crippen molar-refractivity contribution in [3.63, 3.8) is 0 Å². The van der Waals surface area contributed by atoms with Crippen LogP contribution in [0.3, 0.4) is 0 Å². The normalized spacial score (nSPS) is 13.3. The van der Waals surface area contributed by atoms with Crippen LogP contribution in [0.1, 0.15) is 26.3 Å². The zero-order valence-electron chi connectivity index (χ0n) is 11.0. The van der Waals surface area contributed by atoms with Crippen molar-refractivity contribution >= 4 is 27.5 Å². The lowest BCUT2D eigenvalue weighted by molar-refractivity contribution is -0.119. The van der Waals surface area contributed by atoms with Gasteiger partial charge in [-0.15, -0.1) is 0 Å². The molecule has 0 aliphatic heterocycles. The molecule has 1 aromatic carbocycles. The van der Waals surface area contributed by atoms with Gasteiger partial charge in [-0.25, -0.2) is 4.39 Å². The molecule has 0 saturated carbocycles. The van der Waals surface area contributed by atoms with E-state index in [9.17, 15) is 9.18 Å². The molecule has 3 nitrogen and oxygen atoms in total. The minimum Gasteiger partial charge on any atom is -0.324 e. The Hall–Kier alpha value is -0.940. The predicted molar refractivity (Wildman–Crippen MR) is 74.9 cm³/mol. The number of nitrogens with one attached hydrogen (secondary N) is 1. The van der Waals surface area contributed by atoms with Crippen molar-refractivity contribution in [2.24, 2.45) is 11.1 Å². The molecule has 0 radical (unpaired) electrons. The quantitative estimate of drug-likeness (QED) is 0.880. The fraction of sp³-hybridized carbons (Fsp3) is 0.462. The molecule has 0 bridgehead atoms. The van der Waals surface area contributed by atoms with Crippen LogP contribution in [0.4, 0.5) is 10.1 Å².